The summed E-state index contributed by atoms with van der Waals surface area (Å²) >= 11 is 3.49. The average Bonchev–Trinajstić information content (AvgIpc) is 2.85. The molecule has 0 unspecified atom stereocenters. The molecule has 0 aliphatic carbocycles. The third kappa shape index (κ3) is 6.14. The summed E-state index contributed by atoms with van der Waals surface area (Å²) in [5.41, 5.74) is 3.02. The van der Waals surface area contributed by atoms with Gasteiger partial charge in [0, 0.05) is 24.7 Å². The molecule has 92 valence electrons. The van der Waals surface area contributed by atoms with Gasteiger partial charge in [-0.3, -0.25) is 10.3 Å². The van der Waals surface area contributed by atoms with E-state index >= 15 is 0 Å². The van der Waals surface area contributed by atoms with E-state index in [-0.39, 0.29) is 0 Å². The van der Waals surface area contributed by atoms with Crippen molar-refractivity contribution >= 4 is 29.1 Å². The Morgan fingerprint density at radius 1 is 1.65 bits per heavy atom. The molecule has 1 rings (SSSR count). The zero-order valence-corrected chi connectivity index (χ0v) is 11.3. The third-order valence-corrected chi connectivity index (χ3v) is 3.54. The molecule has 0 fully saturated rings. The standard InChI is InChI=1S/C10H15N5S2/c1-12-10(14-7-11)13-3-5-16-4-2-9-6-17-8-15-9/h6,8H,2-5H2,1H3,(H2,12,13,14). The van der Waals surface area contributed by atoms with Crippen molar-refractivity contribution in [2.75, 3.05) is 25.1 Å². The molecule has 0 radical (unpaired) electrons. The van der Waals surface area contributed by atoms with Crippen LogP contribution >= 0.6 is 23.1 Å². The van der Waals surface area contributed by atoms with E-state index in [2.05, 4.69) is 26.0 Å². The smallest absolute Gasteiger partial charge is 0.204 e. The Hall–Kier alpha value is -1.26. The molecule has 0 atom stereocenters. The lowest BCUT2D eigenvalue weighted by molar-refractivity contribution is 0.930. The van der Waals surface area contributed by atoms with Crippen molar-refractivity contribution in [3.8, 4) is 6.19 Å². The van der Waals surface area contributed by atoms with Gasteiger partial charge in [-0.1, -0.05) is 0 Å². The summed E-state index contributed by atoms with van der Waals surface area (Å²) in [6.07, 6.45) is 2.85. The van der Waals surface area contributed by atoms with Crippen molar-refractivity contribution in [3.05, 3.63) is 16.6 Å². The minimum atomic E-state index is 0.521. The van der Waals surface area contributed by atoms with Gasteiger partial charge in [-0.25, -0.2) is 4.98 Å². The Labute approximate surface area is 109 Å². The van der Waals surface area contributed by atoms with Gasteiger partial charge in [-0.2, -0.15) is 17.0 Å². The van der Waals surface area contributed by atoms with Crippen LogP contribution < -0.4 is 10.6 Å². The van der Waals surface area contributed by atoms with Gasteiger partial charge in [0.15, 0.2) is 6.19 Å². The Kier molecular flexibility index (Phi) is 7.18. The molecule has 5 nitrogen and oxygen atoms in total. The lowest BCUT2D eigenvalue weighted by Gasteiger charge is -2.06. The minimum absolute atomic E-state index is 0.521. The van der Waals surface area contributed by atoms with Crippen LogP contribution in [0.2, 0.25) is 0 Å². The summed E-state index contributed by atoms with van der Waals surface area (Å²) in [6.45, 7) is 0.795. The Balaban J connectivity index is 1.99. The number of aliphatic imine (C=N–C) groups is 1. The fourth-order valence-corrected chi connectivity index (χ4v) is 2.51. The first-order chi connectivity index (χ1) is 8.36. The van der Waals surface area contributed by atoms with Crippen LogP contribution in [0.4, 0.5) is 0 Å². The number of aryl methyl sites for hydroxylation is 1. The van der Waals surface area contributed by atoms with Crippen LogP contribution in [0.15, 0.2) is 15.9 Å². The highest BCUT2D eigenvalue weighted by atomic mass is 32.2. The van der Waals surface area contributed by atoms with Crippen LogP contribution in [0.1, 0.15) is 5.69 Å². The number of hydrogen-bond acceptors (Lipinski definition) is 5. The second-order valence-electron chi connectivity index (χ2n) is 3.08. The molecule has 1 aromatic rings. The number of nitrogens with one attached hydrogen (secondary N) is 2. The first kappa shape index (κ1) is 13.8. The maximum absolute atomic E-state index is 8.42. The van der Waals surface area contributed by atoms with Crippen molar-refractivity contribution in [1.82, 2.24) is 15.6 Å². The largest absolute Gasteiger partial charge is 0.355 e. The van der Waals surface area contributed by atoms with Crippen LogP contribution in [-0.4, -0.2) is 36.0 Å². The molecule has 0 saturated carbocycles. The van der Waals surface area contributed by atoms with Gasteiger partial charge < -0.3 is 5.32 Å². The van der Waals surface area contributed by atoms with Gasteiger partial charge in [0.05, 0.1) is 11.2 Å². The number of thioether (sulfide) groups is 1. The number of nitrogens with zero attached hydrogens (tertiary/aromatic N) is 3. The number of nitriles is 1. The lowest BCUT2D eigenvalue weighted by Crippen LogP contribution is -2.35. The zero-order valence-electron chi connectivity index (χ0n) is 9.64. The summed E-state index contributed by atoms with van der Waals surface area (Å²) in [6, 6.07) is 0. The number of rotatable bonds is 6. The SMILES string of the molecule is CN=C(NC#N)NCCSCCc1cscn1. The summed E-state index contributed by atoms with van der Waals surface area (Å²) in [5, 5.41) is 16.0. The molecule has 1 aromatic heterocycles. The number of aromatic nitrogens is 1. The van der Waals surface area contributed by atoms with Crippen LogP contribution in [0.5, 0.6) is 0 Å². The first-order valence-electron chi connectivity index (χ1n) is 5.17. The van der Waals surface area contributed by atoms with Crippen molar-refractivity contribution in [2.45, 2.75) is 6.42 Å². The Bertz CT molecular complexity index is 369. The minimum Gasteiger partial charge on any atom is -0.355 e. The molecule has 0 aliphatic heterocycles. The normalized spacial score (nSPS) is 10.9. The quantitative estimate of drug-likeness (QED) is 0.266. The molecule has 0 spiro atoms. The van der Waals surface area contributed by atoms with E-state index in [1.165, 1.54) is 0 Å². The molecule has 7 heteroatoms. The first-order valence-corrected chi connectivity index (χ1v) is 7.27. The maximum Gasteiger partial charge on any atom is 0.204 e. The van der Waals surface area contributed by atoms with Crippen LogP contribution in [0.3, 0.4) is 0 Å². The second-order valence-corrected chi connectivity index (χ2v) is 5.02. The molecule has 0 saturated heterocycles. The lowest BCUT2D eigenvalue weighted by atomic mass is 10.4. The predicted molar refractivity (Wildman–Crippen MR) is 73.3 cm³/mol. The molecule has 0 amide bonds. The highest BCUT2D eigenvalue weighted by molar-refractivity contribution is 7.99. The topological polar surface area (TPSA) is 73.1 Å². The Morgan fingerprint density at radius 2 is 2.53 bits per heavy atom. The summed E-state index contributed by atoms with van der Waals surface area (Å²) < 4.78 is 0. The van der Waals surface area contributed by atoms with Crippen LogP contribution in [-0.2, 0) is 6.42 Å². The Morgan fingerprint density at radius 3 is 3.18 bits per heavy atom. The average molecular weight is 269 g/mol. The molecule has 0 aromatic carbocycles. The highest BCUT2D eigenvalue weighted by Crippen LogP contribution is 2.06. The predicted octanol–water partition coefficient (Wildman–Crippen LogP) is 1.06. The van der Waals surface area contributed by atoms with Crippen molar-refractivity contribution in [1.29, 1.82) is 5.26 Å². The van der Waals surface area contributed by atoms with E-state index < -0.39 is 0 Å². The van der Waals surface area contributed by atoms with E-state index in [9.17, 15) is 0 Å². The summed E-state index contributed by atoms with van der Waals surface area (Å²) in [4.78, 5) is 8.11. The van der Waals surface area contributed by atoms with E-state index in [0.717, 1.165) is 30.2 Å². The third-order valence-electron chi connectivity index (χ3n) is 1.92. The van der Waals surface area contributed by atoms with E-state index in [1.54, 1.807) is 18.4 Å². The number of guanidine groups is 1. The van der Waals surface area contributed by atoms with Gasteiger partial charge in [-0.15, -0.1) is 11.3 Å². The molecule has 2 N–H and O–H groups in total. The van der Waals surface area contributed by atoms with Gasteiger partial charge in [-0.05, 0) is 12.2 Å². The summed E-state index contributed by atoms with van der Waals surface area (Å²) in [5.74, 6) is 2.57. The molecular formula is C10H15N5S2. The molecule has 1 heterocycles. The van der Waals surface area contributed by atoms with Gasteiger partial charge in [0.1, 0.15) is 0 Å². The molecular weight excluding hydrogens is 254 g/mol. The number of hydrogen-bond donors (Lipinski definition) is 2. The highest BCUT2D eigenvalue weighted by Gasteiger charge is 1.97. The van der Waals surface area contributed by atoms with E-state index in [1.807, 2.05) is 23.5 Å². The molecule has 0 aliphatic rings. The fraction of sp³-hybridized carbons (Fsp3) is 0.500. The zero-order chi connectivity index (χ0) is 12.3. The van der Waals surface area contributed by atoms with E-state index in [4.69, 9.17) is 5.26 Å². The molecule has 17 heavy (non-hydrogen) atoms. The van der Waals surface area contributed by atoms with Crippen molar-refractivity contribution < 1.29 is 0 Å². The van der Waals surface area contributed by atoms with Gasteiger partial charge in [0.2, 0.25) is 5.96 Å². The second kappa shape index (κ2) is 8.84. The number of thiazole rings is 1. The van der Waals surface area contributed by atoms with Gasteiger partial charge >= 0.3 is 0 Å². The van der Waals surface area contributed by atoms with Crippen LogP contribution in [0, 0.1) is 11.5 Å². The maximum atomic E-state index is 8.42. The fourth-order valence-electron chi connectivity index (χ4n) is 1.11. The molecule has 0 bridgehead atoms. The monoisotopic (exact) mass is 269 g/mol. The summed E-state index contributed by atoms with van der Waals surface area (Å²) in [7, 11) is 1.64. The van der Waals surface area contributed by atoms with Crippen molar-refractivity contribution in [3.63, 3.8) is 0 Å². The van der Waals surface area contributed by atoms with Gasteiger partial charge in [0.25, 0.3) is 0 Å². The van der Waals surface area contributed by atoms with Crippen LogP contribution in [0.25, 0.3) is 0 Å². The van der Waals surface area contributed by atoms with Crippen molar-refractivity contribution in [2.24, 2.45) is 4.99 Å². The van der Waals surface area contributed by atoms with E-state index in [0.29, 0.717) is 5.96 Å².